The number of hydrogen-bond donors (Lipinski definition) is 0. The molecule has 0 radical (unpaired) electrons. The van der Waals surface area contributed by atoms with Crippen LogP contribution in [-0.2, 0) is 21.9 Å². The summed E-state index contributed by atoms with van der Waals surface area (Å²) in [6, 6.07) is 7.75. The molecule has 2 aliphatic heterocycles. The van der Waals surface area contributed by atoms with Gasteiger partial charge in [-0.15, -0.1) is 0 Å². The van der Waals surface area contributed by atoms with Crippen LogP contribution in [0.25, 0.3) is 0 Å². The maximum absolute atomic E-state index is 13.0. The minimum absolute atomic E-state index is 0.0631. The second-order valence-corrected chi connectivity index (χ2v) is 10.2. The number of piperidine rings is 1. The third kappa shape index (κ3) is 4.33. The Labute approximate surface area is 182 Å². The van der Waals surface area contributed by atoms with Crippen LogP contribution >= 0.6 is 11.6 Å². The second kappa shape index (κ2) is 8.56. The van der Waals surface area contributed by atoms with Crippen molar-refractivity contribution in [1.82, 2.24) is 18.8 Å². The molecule has 8 nitrogen and oxygen atoms in total. The Hall–Kier alpha value is -2.10. The van der Waals surface area contributed by atoms with Gasteiger partial charge in [-0.1, -0.05) is 11.6 Å². The third-order valence-electron chi connectivity index (χ3n) is 5.87. The van der Waals surface area contributed by atoms with Crippen molar-refractivity contribution in [3.8, 4) is 0 Å². The average molecular weight is 452 g/mol. The standard InChI is InChI=1S/C20H26ClN5O3S/c1-23-14-19(22-15-23)30(28,29)26-8-6-16(7-9-26)20(27)25-12-10-24(11-13-25)18-4-2-17(21)3-5-18/h2-5,14-16H,6-13H2,1H3. The fourth-order valence-corrected chi connectivity index (χ4v) is 5.65. The number of nitrogens with zero attached hydrogens (tertiary/aromatic N) is 5. The SMILES string of the molecule is Cn1cnc(S(=O)(=O)N2CCC(C(=O)N3CCN(c4ccc(Cl)cc4)CC3)CC2)c1. The number of sulfonamides is 1. The molecule has 0 unspecified atom stereocenters. The average Bonchev–Trinajstić information content (AvgIpc) is 3.21. The number of amides is 1. The van der Waals surface area contributed by atoms with Gasteiger partial charge in [-0.3, -0.25) is 4.79 Å². The van der Waals surface area contributed by atoms with Crippen LogP contribution in [0, 0.1) is 5.92 Å². The van der Waals surface area contributed by atoms with Gasteiger partial charge in [0.05, 0.1) is 6.33 Å². The van der Waals surface area contributed by atoms with Crippen LogP contribution in [0.5, 0.6) is 0 Å². The molecule has 0 aliphatic carbocycles. The number of benzene rings is 1. The molecular weight excluding hydrogens is 426 g/mol. The molecule has 0 N–H and O–H groups in total. The first-order chi connectivity index (χ1) is 14.3. The summed E-state index contributed by atoms with van der Waals surface area (Å²) in [5, 5.41) is 0.775. The van der Waals surface area contributed by atoms with E-state index in [4.69, 9.17) is 11.6 Å². The van der Waals surface area contributed by atoms with Crippen LogP contribution in [0.15, 0.2) is 41.8 Å². The molecule has 0 atom stereocenters. The van der Waals surface area contributed by atoms with Gasteiger partial charge in [0.2, 0.25) is 5.91 Å². The Morgan fingerprint density at radius 2 is 1.67 bits per heavy atom. The first kappa shape index (κ1) is 21.1. The van der Waals surface area contributed by atoms with Crippen LogP contribution in [0.1, 0.15) is 12.8 Å². The molecular formula is C20H26ClN5O3S. The molecule has 4 rings (SSSR count). The predicted octanol–water partition coefficient (Wildman–Crippen LogP) is 1.82. The van der Waals surface area contributed by atoms with Gasteiger partial charge in [0.15, 0.2) is 5.03 Å². The number of imidazole rings is 1. The van der Waals surface area contributed by atoms with Crippen molar-refractivity contribution in [1.29, 1.82) is 0 Å². The van der Waals surface area contributed by atoms with E-state index in [-0.39, 0.29) is 16.9 Å². The molecule has 2 aliphatic rings. The van der Waals surface area contributed by atoms with E-state index >= 15 is 0 Å². The van der Waals surface area contributed by atoms with Crippen LogP contribution < -0.4 is 4.90 Å². The monoisotopic (exact) mass is 451 g/mol. The van der Waals surface area contributed by atoms with Gasteiger partial charge in [-0.05, 0) is 37.1 Å². The Balaban J connectivity index is 1.30. The van der Waals surface area contributed by atoms with Crippen LogP contribution in [0.3, 0.4) is 0 Å². The molecule has 3 heterocycles. The molecule has 30 heavy (non-hydrogen) atoms. The molecule has 1 aromatic heterocycles. The van der Waals surface area contributed by atoms with Crippen molar-refractivity contribution in [3.63, 3.8) is 0 Å². The maximum Gasteiger partial charge on any atom is 0.262 e. The molecule has 1 aromatic carbocycles. The van der Waals surface area contributed by atoms with E-state index in [9.17, 15) is 13.2 Å². The summed E-state index contributed by atoms with van der Waals surface area (Å²) in [6.07, 6.45) is 4.07. The van der Waals surface area contributed by atoms with Gasteiger partial charge in [0.1, 0.15) is 0 Å². The van der Waals surface area contributed by atoms with Crippen molar-refractivity contribution >= 4 is 33.2 Å². The van der Waals surface area contributed by atoms with Gasteiger partial charge in [-0.2, -0.15) is 4.31 Å². The normalized spacial score (nSPS) is 19.3. The molecule has 2 aromatic rings. The Bertz CT molecular complexity index is 992. The van der Waals surface area contributed by atoms with Crippen molar-refractivity contribution < 1.29 is 13.2 Å². The van der Waals surface area contributed by atoms with Crippen LogP contribution in [0.2, 0.25) is 5.02 Å². The zero-order valence-electron chi connectivity index (χ0n) is 16.9. The van der Waals surface area contributed by atoms with Crippen molar-refractivity contribution in [2.75, 3.05) is 44.2 Å². The number of hydrogen-bond acceptors (Lipinski definition) is 5. The van der Waals surface area contributed by atoms with Gasteiger partial charge >= 0.3 is 0 Å². The van der Waals surface area contributed by atoms with Crippen molar-refractivity contribution in [3.05, 3.63) is 41.8 Å². The smallest absolute Gasteiger partial charge is 0.262 e. The molecule has 10 heteroatoms. The van der Waals surface area contributed by atoms with E-state index < -0.39 is 10.0 Å². The quantitative estimate of drug-likeness (QED) is 0.708. The van der Waals surface area contributed by atoms with E-state index in [1.54, 1.807) is 11.6 Å². The Morgan fingerprint density at radius 1 is 1.03 bits per heavy atom. The largest absolute Gasteiger partial charge is 0.368 e. The summed E-state index contributed by atoms with van der Waals surface area (Å²) in [5.74, 6) is 0.0166. The van der Waals surface area contributed by atoms with E-state index in [1.165, 1.54) is 16.8 Å². The minimum Gasteiger partial charge on any atom is -0.368 e. The summed E-state index contributed by atoms with van der Waals surface area (Å²) >= 11 is 5.96. The minimum atomic E-state index is -3.60. The number of aryl methyl sites for hydroxylation is 1. The number of carbonyl (C=O) groups excluding carboxylic acids is 1. The summed E-state index contributed by atoms with van der Waals surface area (Å²) in [7, 11) is -1.86. The molecule has 162 valence electrons. The zero-order valence-corrected chi connectivity index (χ0v) is 18.5. The van der Waals surface area contributed by atoms with Gasteiger partial charge in [-0.25, -0.2) is 13.4 Å². The van der Waals surface area contributed by atoms with E-state index in [2.05, 4.69) is 9.88 Å². The highest BCUT2D eigenvalue weighted by atomic mass is 35.5. The number of anilines is 1. The van der Waals surface area contributed by atoms with E-state index in [0.29, 0.717) is 44.0 Å². The van der Waals surface area contributed by atoms with E-state index in [1.807, 2.05) is 29.2 Å². The Kier molecular flexibility index (Phi) is 6.04. The fourth-order valence-electron chi connectivity index (χ4n) is 4.09. The van der Waals surface area contributed by atoms with Crippen LogP contribution in [-0.4, -0.2) is 72.3 Å². The first-order valence-corrected chi connectivity index (χ1v) is 11.9. The lowest BCUT2D eigenvalue weighted by molar-refractivity contribution is -0.137. The van der Waals surface area contributed by atoms with Crippen LogP contribution in [0.4, 0.5) is 5.69 Å². The summed E-state index contributed by atoms with van der Waals surface area (Å²) in [6.45, 7) is 3.60. The molecule has 1 amide bonds. The molecule has 2 saturated heterocycles. The zero-order chi connectivity index (χ0) is 21.3. The van der Waals surface area contributed by atoms with Gasteiger partial charge in [0, 0.05) is 69.1 Å². The number of halogens is 1. The lowest BCUT2D eigenvalue weighted by Gasteiger charge is -2.39. The third-order valence-corrected chi connectivity index (χ3v) is 7.91. The highest BCUT2D eigenvalue weighted by Gasteiger charge is 2.35. The topological polar surface area (TPSA) is 78.8 Å². The number of piperazine rings is 1. The number of aromatic nitrogens is 2. The summed E-state index contributed by atoms with van der Waals surface area (Å²) < 4.78 is 28.5. The summed E-state index contributed by atoms with van der Waals surface area (Å²) in [4.78, 5) is 21.1. The molecule has 0 bridgehead atoms. The molecule has 0 spiro atoms. The highest BCUT2D eigenvalue weighted by molar-refractivity contribution is 7.89. The van der Waals surface area contributed by atoms with Gasteiger partial charge in [0.25, 0.3) is 10.0 Å². The number of carbonyl (C=O) groups is 1. The predicted molar refractivity (Wildman–Crippen MR) is 115 cm³/mol. The lowest BCUT2D eigenvalue weighted by Crippen LogP contribution is -2.52. The molecule has 2 fully saturated rings. The maximum atomic E-state index is 13.0. The van der Waals surface area contributed by atoms with Crippen molar-refractivity contribution in [2.45, 2.75) is 17.9 Å². The first-order valence-electron chi connectivity index (χ1n) is 10.1. The van der Waals surface area contributed by atoms with Crippen molar-refractivity contribution in [2.24, 2.45) is 13.0 Å². The number of rotatable bonds is 4. The second-order valence-electron chi connectivity index (χ2n) is 7.84. The van der Waals surface area contributed by atoms with E-state index in [0.717, 1.165) is 18.8 Å². The van der Waals surface area contributed by atoms with Gasteiger partial charge < -0.3 is 14.4 Å². The Morgan fingerprint density at radius 3 is 2.23 bits per heavy atom. The lowest BCUT2D eigenvalue weighted by atomic mass is 9.96. The summed E-state index contributed by atoms with van der Waals surface area (Å²) in [5.41, 5.74) is 1.11. The molecule has 0 saturated carbocycles. The highest BCUT2D eigenvalue weighted by Crippen LogP contribution is 2.26. The fraction of sp³-hybridized carbons (Fsp3) is 0.500.